The van der Waals surface area contributed by atoms with Gasteiger partial charge in [-0.25, -0.2) is 4.79 Å². The molecule has 1 amide bonds. The average molecular weight is 279 g/mol. The van der Waals surface area contributed by atoms with Crippen molar-refractivity contribution in [3.8, 4) is 0 Å². The summed E-state index contributed by atoms with van der Waals surface area (Å²) in [5, 5.41) is 21.7. The number of nitrogens with one attached hydrogen (secondary N) is 3. The lowest BCUT2D eigenvalue weighted by molar-refractivity contribution is 0.200. The first-order valence-electron chi connectivity index (χ1n) is 5.40. The number of benzene rings is 1. The van der Waals surface area contributed by atoms with Gasteiger partial charge < -0.3 is 10.4 Å². The minimum Gasteiger partial charge on any atom is -0.465 e. The highest BCUT2D eigenvalue weighted by Gasteiger charge is 2.17. The zero-order valence-electron chi connectivity index (χ0n) is 9.72. The number of hydrogen-bond acceptors (Lipinski definition) is 4. The van der Waals surface area contributed by atoms with Crippen LogP contribution < -0.4 is 10.6 Å². The second-order valence-electron chi connectivity index (χ2n) is 3.80. The van der Waals surface area contributed by atoms with Crippen LogP contribution in [0.25, 0.3) is 5.70 Å². The summed E-state index contributed by atoms with van der Waals surface area (Å²) in [5.41, 5.74) is 1.56. The molecule has 1 aromatic carbocycles. The van der Waals surface area contributed by atoms with Crippen LogP contribution in [-0.2, 0) is 0 Å². The Kier molecular flexibility index (Phi) is 3.82. The zero-order chi connectivity index (χ0) is 13.8. The number of amidine groups is 1. The molecule has 0 radical (unpaired) electrons. The molecule has 2 rings (SSSR count). The van der Waals surface area contributed by atoms with Gasteiger partial charge in [-0.05, 0) is 23.8 Å². The number of carboxylic acid groups (broad SMARTS) is 1. The maximum atomic E-state index is 10.5. The Morgan fingerprint density at radius 3 is 3.00 bits per heavy atom. The molecule has 98 valence electrons. The highest BCUT2D eigenvalue weighted by molar-refractivity contribution is 6.30. The molecule has 7 heteroatoms. The van der Waals surface area contributed by atoms with E-state index in [0.717, 1.165) is 11.3 Å². The molecule has 0 fully saturated rings. The molecule has 1 unspecified atom stereocenters. The molecule has 0 saturated heterocycles. The van der Waals surface area contributed by atoms with Crippen molar-refractivity contribution in [3.63, 3.8) is 0 Å². The van der Waals surface area contributed by atoms with Gasteiger partial charge >= 0.3 is 6.09 Å². The Morgan fingerprint density at radius 1 is 1.53 bits per heavy atom. The Balaban J connectivity index is 2.21. The molecule has 1 heterocycles. The van der Waals surface area contributed by atoms with Crippen LogP contribution in [0.3, 0.4) is 0 Å². The Hall–Kier alpha value is -2.34. The monoisotopic (exact) mass is 278 g/mol. The van der Waals surface area contributed by atoms with Gasteiger partial charge in [-0.2, -0.15) is 0 Å². The molecule has 0 bridgehead atoms. The summed E-state index contributed by atoms with van der Waals surface area (Å²) < 4.78 is 0. The maximum absolute atomic E-state index is 10.5. The largest absolute Gasteiger partial charge is 0.465 e. The predicted octanol–water partition coefficient (Wildman–Crippen LogP) is 1.93. The second kappa shape index (κ2) is 5.53. The van der Waals surface area contributed by atoms with Gasteiger partial charge in [0.05, 0.1) is 6.34 Å². The van der Waals surface area contributed by atoms with Crippen molar-refractivity contribution in [2.24, 2.45) is 4.99 Å². The van der Waals surface area contributed by atoms with E-state index in [1.807, 2.05) is 17.4 Å². The van der Waals surface area contributed by atoms with E-state index in [4.69, 9.17) is 22.1 Å². The van der Waals surface area contributed by atoms with Gasteiger partial charge in [0.1, 0.15) is 11.9 Å². The molecule has 4 N–H and O–H groups in total. The van der Waals surface area contributed by atoms with E-state index < -0.39 is 12.1 Å². The van der Waals surface area contributed by atoms with Crippen molar-refractivity contribution in [1.82, 2.24) is 10.6 Å². The smallest absolute Gasteiger partial charge is 0.410 e. The summed E-state index contributed by atoms with van der Waals surface area (Å²) in [6, 6.07) is 6.53. The molecular weight excluding hydrogens is 268 g/mol. The molecule has 1 aromatic rings. The summed E-state index contributed by atoms with van der Waals surface area (Å²) in [7, 11) is 0. The maximum Gasteiger partial charge on any atom is 0.410 e. The lowest BCUT2D eigenvalue weighted by Crippen LogP contribution is -2.37. The van der Waals surface area contributed by atoms with Crippen LogP contribution in [0.4, 0.5) is 4.79 Å². The van der Waals surface area contributed by atoms with Crippen molar-refractivity contribution >= 4 is 35.6 Å². The fourth-order valence-corrected chi connectivity index (χ4v) is 1.81. The third kappa shape index (κ3) is 3.32. The molecule has 1 aliphatic heterocycles. The number of aliphatic imine (C=N–C) groups is 1. The van der Waals surface area contributed by atoms with E-state index in [-0.39, 0.29) is 5.84 Å². The first-order chi connectivity index (χ1) is 9.06. The molecule has 0 spiro atoms. The van der Waals surface area contributed by atoms with Crippen LogP contribution in [-0.4, -0.2) is 29.4 Å². The molecule has 1 aliphatic rings. The molecule has 1 atom stereocenters. The van der Waals surface area contributed by atoms with Gasteiger partial charge in [-0.1, -0.05) is 23.7 Å². The van der Waals surface area contributed by atoms with Crippen molar-refractivity contribution in [2.75, 3.05) is 0 Å². The standard InChI is InChI=1S/C12H11ClN4O2/c13-8-3-1-2-7(4-8)9-5-10(16-6-15-9)11(14)17-12(18)19/h1-6,10H,(H2,14,17)(H,15,16)(H,18,19). The Morgan fingerprint density at radius 2 is 2.32 bits per heavy atom. The lowest BCUT2D eigenvalue weighted by atomic mass is 10.1. The number of carbonyl (C=O) groups is 1. The summed E-state index contributed by atoms with van der Waals surface area (Å²) in [6.45, 7) is 0. The number of hydrogen-bond donors (Lipinski definition) is 4. The van der Waals surface area contributed by atoms with Crippen LogP contribution in [0.15, 0.2) is 35.3 Å². The van der Waals surface area contributed by atoms with Crippen molar-refractivity contribution in [3.05, 3.63) is 40.9 Å². The lowest BCUT2D eigenvalue weighted by Gasteiger charge is -2.17. The second-order valence-corrected chi connectivity index (χ2v) is 4.24. The SMILES string of the molecule is N=C(NC(=O)O)C1C=C(c2cccc(Cl)c2)NC=N1. The summed E-state index contributed by atoms with van der Waals surface area (Å²) in [5.74, 6) is -0.204. The van der Waals surface area contributed by atoms with Crippen LogP contribution in [0.5, 0.6) is 0 Å². The topological polar surface area (TPSA) is 97.6 Å². The van der Waals surface area contributed by atoms with Crippen molar-refractivity contribution in [2.45, 2.75) is 6.04 Å². The van der Waals surface area contributed by atoms with Crippen LogP contribution >= 0.6 is 11.6 Å². The van der Waals surface area contributed by atoms with E-state index in [0.29, 0.717) is 5.02 Å². The predicted molar refractivity (Wildman–Crippen MR) is 73.7 cm³/mol. The number of rotatable bonds is 2. The summed E-state index contributed by atoms with van der Waals surface area (Å²) in [6.07, 6.45) is 1.81. The van der Waals surface area contributed by atoms with Crippen molar-refractivity contribution < 1.29 is 9.90 Å². The quantitative estimate of drug-likeness (QED) is 0.491. The molecule has 6 nitrogen and oxygen atoms in total. The van der Waals surface area contributed by atoms with Gasteiger partial charge in [0.15, 0.2) is 0 Å². The van der Waals surface area contributed by atoms with E-state index >= 15 is 0 Å². The Labute approximate surface area is 114 Å². The minimum absolute atomic E-state index is 0.204. The molecule has 0 saturated carbocycles. The summed E-state index contributed by atoms with van der Waals surface area (Å²) in [4.78, 5) is 14.5. The number of amides is 1. The van der Waals surface area contributed by atoms with Gasteiger partial charge in [0.2, 0.25) is 0 Å². The van der Waals surface area contributed by atoms with E-state index in [1.165, 1.54) is 6.34 Å². The molecule has 0 aromatic heterocycles. The van der Waals surface area contributed by atoms with E-state index in [2.05, 4.69) is 10.3 Å². The fraction of sp³-hybridized carbons (Fsp3) is 0.0833. The van der Waals surface area contributed by atoms with Gasteiger partial charge in [-0.3, -0.25) is 15.7 Å². The van der Waals surface area contributed by atoms with Crippen LogP contribution in [0.1, 0.15) is 5.56 Å². The molecular formula is C12H11ClN4O2. The Bertz CT molecular complexity index is 583. The minimum atomic E-state index is -1.28. The van der Waals surface area contributed by atoms with Gasteiger partial charge in [0.25, 0.3) is 0 Å². The van der Waals surface area contributed by atoms with Crippen LogP contribution in [0, 0.1) is 5.41 Å². The van der Waals surface area contributed by atoms with Crippen molar-refractivity contribution in [1.29, 1.82) is 5.41 Å². The van der Waals surface area contributed by atoms with Gasteiger partial charge in [-0.15, -0.1) is 0 Å². The van der Waals surface area contributed by atoms with E-state index in [1.54, 1.807) is 18.2 Å². The summed E-state index contributed by atoms with van der Waals surface area (Å²) >= 11 is 5.91. The third-order valence-corrected chi connectivity index (χ3v) is 2.69. The van der Waals surface area contributed by atoms with Crippen LogP contribution in [0.2, 0.25) is 5.02 Å². The first-order valence-corrected chi connectivity index (χ1v) is 5.78. The fourth-order valence-electron chi connectivity index (χ4n) is 1.62. The van der Waals surface area contributed by atoms with Gasteiger partial charge in [0, 0.05) is 10.7 Å². The molecule has 19 heavy (non-hydrogen) atoms. The highest BCUT2D eigenvalue weighted by Crippen LogP contribution is 2.19. The van der Waals surface area contributed by atoms with E-state index in [9.17, 15) is 4.79 Å². The number of halogens is 1. The first kappa shape index (κ1) is 13.1. The normalized spacial score (nSPS) is 17.3. The third-order valence-electron chi connectivity index (χ3n) is 2.45. The zero-order valence-corrected chi connectivity index (χ0v) is 10.5. The highest BCUT2D eigenvalue weighted by atomic mass is 35.5. The molecule has 0 aliphatic carbocycles. The number of nitrogens with zero attached hydrogens (tertiary/aromatic N) is 1. The average Bonchev–Trinajstić information content (AvgIpc) is 2.38.